The number of hydrogen-bond acceptors (Lipinski definition) is 4. The Bertz CT molecular complexity index is 647. The third-order valence-electron chi connectivity index (χ3n) is 2.50. The summed E-state index contributed by atoms with van der Waals surface area (Å²) < 4.78 is 67.1. The van der Waals surface area contributed by atoms with Gasteiger partial charge >= 0.3 is 12.8 Å². The molecule has 0 saturated carbocycles. The molecule has 0 spiro atoms. The van der Waals surface area contributed by atoms with Crippen LogP contribution in [-0.4, -0.2) is 11.6 Å². The Morgan fingerprint density at radius 1 is 1.32 bits per heavy atom. The van der Waals surface area contributed by atoms with E-state index in [1.807, 2.05) is 0 Å². The van der Waals surface area contributed by atoms with Crippen molar-refractivity contribution in [3.8, 4) is 5.75 Å². The van der Waals surface area contributed by atoms with Crippen LogP contribution in [0.3, 0.4) is 0 Å². The van der Waals surface area contributed by atoms with Crippen molar-refractivity contribution in [1.82, 2.24) is 4.98 Å². The Morgan fingerprint density at radius 2 is 2.05 bits per heavy atom. The van der Waals surface area contributed by atoms with Gasteiger partial charge in [-0.15, -0.1) is 11.3 Å². The normalized spacial score (nSPS) is 11.8. The Balaban J connectivity index is 2.24. The van der Waals surface area contributed by atoms with Gasteiger partial charge in [0.05, 0.1) is 17.8 Å². The van der Waals surface area contributed by atoms with Crippen LogP contribution in [0.2, 0.25) is 4.47 Å². The first-order valence-corrected chi connectivity index (χ1v) is 6.95. The zero-order valence-electron chi connectivity index (χ0n) is 10.6. The number of aromatic nitrogens is 1. The van der Waals surface area contributed by atoms with Crippen LogP contribution < -0.4 is 10.1 Å². The van der Waals surface area contributed by atoms with Gasteiger partial charge in [0.25, 0.3) is 0 Å². The minimum atomic E-state index is -4.59. The van der Waals surface area contributed by atoms with Gasteiger partial charge in [-0.25, -0.2) is 4.98 Å². The molecule has 0 aliphatic carbocycles. The fourth-order valence-electron chi connectivity index (χ4n) is 1.59. The molecule has 0 radical (unpaired) electrons. The predicted molar refractivity (Wildman–Crippen MR) is 72.5 cm³/mol. The van der Waals surface area contributed by atoms with E-state index < -0.39 is 18.4 Å². The average molecular weight is 359 g/mol. The van der Waals surface area contributed by atoms with E-state index in [1.54, 1.807) is 0 Å². The maximum Gasteiger partial charge on any atom is 0.416 e. The van der Waals surface area contributed by atoms with Gasteiger partial charge < -0.3 is 10.1 Å². The summed E-state index contributed by atoms with van der Waals surface area (Å²) in [5.41, 5.74) is -1.17. The lowest BCUT2D eigenvalue weighted by atomic mass is 10.1. The second-order valence-electron chi connectivity index (χ2n) is 4.02. The van der Waals surface area contributed by atoms with Gasteiger partial charge in [0.1, 0.15) is 5.75 Å². The summed E-state index contributed by atoms with van der Waals surface area (Å²) in [6.07, 6.45) is -3.16. The van der Waals surface area contributed by atoms with Gasteiger partial charge in [-0.1, -0.05) is 11.6 Å². The molecule has 1 heterocycles. The molecule has 120 valence electrons. The van der Waals surface area contributed by atoms with E-state index in [4.69, 9.17) is 11.6 Å². The van der Waals surface area contributed by atoms with E-state index in [-0.39, 0.29) is 22.4 Å². The maximum absolute atomic E-state index is 12.7. The molecule has 0 aliphatic rings. The average Bonchev–Trinajstić information content (AvgIpc) is 2.81. The van der Waals surface area contributed by atoms with Crippen LogP contribution in [0.4, 0.5) is 27.6 Å². The Labute approximate surface area is 130 Å². The molecular formula is C12H8ClF5N2OS. The summed E-state index contributed by atoms with van der Waals surface area (Å²) in [6.45, 7) is -3.07. The molecule has 10 heteroatoms. The van der Waals surface area contributed by atoms with Gasteiger partial charge in [0, 0.05) is 11.1 Å². The number of anilines is 1. The number of halogens is 6. The molecule has 0 unspecified atom stereocenters. The van der Waals surface area contributed by atoms with Gasteiger partial charge in [-0.05, 0) is 18.2 Å². The topological polar surface area (TPSA) is 34.1 Å². The zero-order chi connectivity index (χ0) is 16.3. The lowest BCUT2D eigenvalue weighted by Gasteiger charge is -2.15. The van der Waals surface area contributed by atoms with Crippen molar-refractivity contribution in [3.63, 3.8) is 0 Å². The molecule has 0 fully saturated rings. The molecule has 0 aliphatic heterocycles. The summed E-state index contributed by atoms with van der Waals surface area (Å²) in [7, 11) is 0. The summed E-state index contributed by atoms with van der Waals surface area (Å²) in [6, 6.07) is 2.23. The van der Waals surface area contributed by atoms with Crippen molar-refractivity contribution in [2.24, 2.45) is 0 Å². The van der Waals surface area contributed by atoms with E-state index >= 15 is 0 Å². The lowest BCUT2D eigenvalue weighted by molar-refractivity contribution is -0.137. The molecule has 2 aromatic rings. The maximum atomic E-state index is 12.7. The van der Waals surface area contributed by atoms with Crippen LogP contribution in [0, 0.1) is 0 Å². The molecule has 1 aromatic heterocycles. The third kappa shape index (κ3) is 4.44. The number of benzene rings is 1. The first kappa shape index (κ1) is 16.8. The second kappa shape index (κ2) is 6.66. The zero-order valence-corrected chi connectivity index (χ0v) is 12.2. The molecule has 1 N–H and O–H groups in total. The number of nitrogens with one attached hydrogen (secondary N) is 1. The number of rotatable bonds is 5. The van der Waals surface area contributed by atoms with Crippen molar-refractivity contribution in [2.45, 2.75) is 19.3 Å². The SMILES string of the molecule is FC(F)Oc1ccc(C(F)(F)F)cc1NCc1cnc(Cl)s1. The van der Waals surface area contributed by atoms with E-state index in [1.165, 1.54) is 6.20 Å². The van der Waals surface area contributed by atoms with E-state index in [2.05, 4.69) is 15.0 Å². The number of hydrogen-bond donors (Lipinski definition) is 1. The van der Waals surface area contributed by atoms with E-state index in [0.717, 1.165) is 17.4 Å². The summed E-state index contributed by atoms with van der Waals surface area (Å²) in [5, 5.41) is 2.61. The largest absolute Gasteiger partial charge is 0.433 e. The first-order valence-electron chi connectivity index (χ1n) is 5.76. The fourth-order valence-corrected chi connectivity index (χ4v) is 2.51. The molecule has 0 saturated heterocycles. The van der Waals surface area contributed by atoms with Crippen LogP contribution >= 0.6 is 22.9 Å². The lowest BCUT2D eigenvalue weighted by Crippen LogP contribution is -2.10. The molecule has 0 atom stereocenters. The molecule has 22 heavy (non-hydrogen) atoms. The highest BCUT2D eigenvalue weighted by molar-refractivity contribution is 7.15. The minimum absolute atomic E-state index is 0.0747. The van der Waals surface area contributed by atoms with Crippen LogP contribution in [-0.2, 0) is 12.7 Å². The number of alkyl halides is 5. The van der Waals surface area contributed by atoms with Crippen molar-refractivity contribution in [2.75, 3.05) is 5.32 Å². The van der Waals surface area contributed by atoms with Crippen molar-refractivity contribution < 1.29 is 26.7 Å². The summed E-state index contributed by atoms with van der Waals surface area (Å²) in [5.74, 6) is -0.376. The van der Waals surface area contributed by atoms with Gasteiger partial charge in [0.15, 0.2) is 4.47 Å². The Kier molecular flexibility index (Phi) is 5.07. The van der Waals surface area contributed by atoms with Crippen LogP contribution in [0.5, 0.6) is 5.75 Å². The second-order valence-corrected chi connectivity index (χ2v) is 5.72. The van der Waals surface area contributed by atoms with Crippen LogP contribution in [0.1, 0.15) is 10.4 Å². The fraction of sp³-hybridized carbons (Fsp3) is 0.250. The number of nitrogens with zero attached hydrogens (tertiary/aromatic N) is 1. The van der Waals surface area contributed by atoms with Crippen LogP contribution in [0.25, 0.3) is 0 Å². The Morgan fingerprint density at radius 3 is 2.59 bits per heavy atom. The van der Waals surface area contributed by atoms with Crippen molar-refractivity contribution >= 4 is 28.6 Å². The molecular weight excluding hydrogens is 351 g/mol. The molecule has 3 nitrogen and oxygen atoms in total. The Hall–Kier alpha value is -1.61. The summed E-state index contributed by atoms with van der Waals surface area (Å²) in [4.78, 5) is 4.40. The number of ether oxygens (including phenoxy) is 1. The molecule has 0 bridgehead atoms. The standard InChI is InChI=1S/C12H8ClF5N2OS/c13-10-20-5-7(22-10)4-19-8-3-6(12(16,17)18)1-2-9(8)21-11(14)15/h1-3,5,11,19H,4H2. The quantitative estimate of drug-likeness (QED) is 0.761. The smallest absolute Gasteiger partial charge is 0.416 e. The first-order chi connectivity index (χ1) is 10.3. The molecule has 0 amide bonds. The van der Waals surface area contributed by atoms with Gasteiger partial charge in [0.2, 0.25) is 0 Å². The van der Waals surface area contributed by atoms with Gasteiger partial charge in [-0.3, -0.25) is 0 Å². The number of thiazole rings is 1. The minimum Gasteiger partial charge on any atom is -0.433 e. The summed E-state index contributed by atoms with van der Waals surface area (Å²) >= 11 is 6.75. The highest BCUT2D eigenvalue weighted by atomic mass is 35.5. The van der Waals surface area contributed by atoms with Gasteiger partial charge in [-0.2, -0.15) is 22.0 Å². The third-order valence-corrected chi connectivity index (χ3v) is 3.62. The highest BCUT2D eigenvalue weighted by Crippen LogP contribution is 2.36. The predicted octanol–water partition coefficient (Wildman–Crippen LogP) is 5.03. The monoisotopic (exact) mass is 358 g/mol. The van der Waals surface area contributed by atoms with Crippen LogP contribution in [0.15, 0.2) is 24.4 Å². The molecule has 2 rings (SSSR count). The van der Waals surface area contributed by atoms with E-state index in [0.29, 0.717) is 17.0 Å². The van der Waals surface area contributed by atoms with Crippen molar-refractivity contribution in [3.05, 3.63) is 39.3 Å². The van der Waals surface area contributed by atoms with Crippen molar-refractivity contribution in [1.29, 1.82) is 0 Å². The van der Waals surface area contributed by atoms with E-state index in [9.17, 15) is 22.0 Å². The highest BCUT2D eigenvalue weighted by Gasteiger charge is 2.31. The molecule has 1 aromatic carbocycles.